The van der Waals surface area contributed by atoms with Gasteiger partial charge in [-0.2, -0.15) is 5.10 Å². The highest BCUT2D eigenvalue weighted by atomic mass is 16.3. The zero-order chi connectivity index (χ0) is 10.8. The normalized spacial score (nSPS) is 12.7. The number of hydrogen-bond acceptors (Lipinski definition) is 3. The van der Waals surface area contributed by atoms with Crippen LogP contribution in [0.1, 0.15) is 17.3 Å². The minimum atomic E-state index is -0.348. The number of phenolic OH excluding ortho intramolecular Hbond substituents is 1. The third kappa shape index (κ3) is 1.71. The summed E-state index contributed by atoms with van der Waals surface area (Å²) in [5.41, 5.74) is 7.62. The van der Waals surface area contributed by atoms with Crippen molar-refractivity contribution in [1.29, 1.82) is 0 Å². The maximum atomic E-state index is 9.66. The molecule has 0 bridgehead atoms. The van der Waals surface area contributed by atoms with E-state index in [1.807, 2.05) is 25.2 Å². The smallest absolute Gasteiger partial charge is 0.120 e. The number of para-hydroxylation sites is 1. The monoisotopic (exact) mass is 203 g/mol. The Labute approximate surface area is 88.0 Å². The molecule has 0 fully saturated rings. The summed E-state index contributed by atoms with van der Waals surface area (Å²) < 4.78 is 1.71. The van der Waals surface area contributed by atoms with Crippen molar-refractivity contribution in [2.75, 3.05) is 0 Å². The van der Waals surface area contributed by atoms with Crippen LogP contribution in [0.5, 0.6) is 5.75 Å². The van der Waals surface area contributed by atoms with Crippen molar-refractivity contribution >= 4 is 0 Å². The van der Waals surface area contributed by atoms with Gasteiger partial charge in [-0.3, -0.25) is 4.68 Å². The van der Waals surface area contributed by atoms with Crippen molar-refractivity contribution in [3.05, 3.63) is 47.8 Å². The molecule has 0 aliphatic carbocycles. The van der Waals surface area contributed by atoms with Crippen LogP contribution in [0.3, 0.4) is 0 Å². The summed E-state index contributed by atoms with van der Waals surface area (Å²) in [6.07, 6.45) is 1.69. The van der Waals surface area contributed by atoms with Crippen molar-refractivity contribution in [1.82, 2.24) is 9.78 Å². The predicted octanol–water partition coefficient (Wildman–Crippen LogP) is 1.17. The van der Waals surface area contributed by atoms with Gasteiger partial charge in [-0.25, -0.2) is 0 Å². The van der Waals surface area contributed by atoms with E-state index in [0.29, 0.717) is 5.56 Å². The zero-order valence-corrected chi connectivity index (χ0v) is 8.46. The zero-order valence-electron chi connectivity index (χ0n) is 8.46. The summed E-state index contributed by atoms with van der Waals surface area (Å²) >= 11 is 0. The number of aryl methyl sites for hydroxylation is 1. The Morgan fingerprint density at radius 3 is 2.67 bits per heavy atom. The molecule has 78 valence electrons. The highest BCUT2D eigenvalue weighted by molar-refractivity contribution is 5.38. The molecular weight excluding hydrogens is 190 g/mol. The second kappa shape index (κ2) is 3.74. The fraction of sp³-hybridized carbons (Fsp3) is 0.182. The summed E-state index contributed by atoms with van der Waals surface area (Å²) in [7, 11) is 1.83. The van der Waals surface area contributed by atoms with Crippen LogP contribution < -0.4 is 5.73 Å². The van der Waals surface area contributed by atoms with E-state index in [1.54, 1.807) is 23.0 Å². The number of nitrogens with zero attached hydrogens (tertiary/aromatic N) is 2. The van der Waals surface area contributed by atoms with Crippen LogP contribution in [0.2, 0.25) is 0 Å². The van der Waals surface area contributed by atoms with Gasteiger partial charge in [0.05, 0.1) is 11.7 Å². The number of hydrogen-bond donors (Lipinski definition) is 2. The number of aromatic nitrogens is 2. The van der Waals surface area contributed by atoms with Crippen LogP contribution >= 0.6 is 0 Å². The average molecular weight is 203 g/mol. The SMILES string of the molecule is Cn1nccc1C(N)c1ccccc1O. The molecule has 0 spiro atoms. The summed E-state index contributed by atoms with van der Waals surface area (Å²) in [5, 5.41) is 13.7. The Bertz CT molecular complexity index is 464. The number of phenols is 1. The number of rotatable bonds is 2. The van der Waals surface area contributed by atoms with Crippen LogP contribution in [-0.2, 0) is 7.05 Å². The van der Waals surface area contributed by atoms with Crippen LogP contribution in [0.15, 0.2) is 36.5 Å². The Balaban J connectivity index is 2.41. The summed E-state index contributed by atoms with van der Waals surface area (Å²) in [6, 6.07) is 8.56. The molecular formula is C11H13N3O. The first-order valence-corrected chi connectivity index (χ1v) is 4.71. The summed E-state index contributed by atoms with van der Waals surface area (Å²) in [4.78, 5) is 0. The Morgan fingerprint density at radius 1 is 1.33 bits per heavy atom. The van der Waals surface area contributed by atoms with Gasteiger partial charge in [-0.15, -0.1) is 0 Å². The van der Waals surface area contributed by atoms with E-state index in [1.165, 1.54) is 0 Å². The molecule has 4 nitrogen and oxygen atoms in total. The molecule has 1 aromatic carbocycles. The maximum absolute atomic E-state index is 9.66. The van der Waals surface area contributed by atoms with E-state index in [0.717, 1.165) is 5.69 Å². The lowest BCUT2D eigenvalue weighted by Gasteiger charge is -2.13. The molecule has 2 aromatic rings. The number of nitrogens with two attached hydrogens (primary N) is 1. The summed E-state index contributed by atoms with van der Waals surface area (Å²) in [6.45, 7) is 0. The van der Waals surface area contributed by atoms with Gasteiger partial charge < -0.3 is 10.8 Å². The van der Waals surface area contributed by atoms with Crippen molar-refractivity contribution in [3.63, 3.8) is 0 Å². The second-order valence-corrected chi connectivity index (χ2v) is 3.42. The van der Waals surface area contributed by atoms with Crippen molar-refractivity contribution < 1.29 is 5.11 Å². The lowest BCUT2D eigenvalue weighted by atomic mass is 10.0. The molecule has 3 N–H and O–H groups in total. The molecule has 0 amide bonds. The van der Waals surface area contributed by atoms with E-state index < -0.39 is 0 Å². The topological polar surface area (TPSA) is 64.1 Å². The highest BCUT2D eigenvalue weighted by Gasteiger charge is 2.15. The average Bonchev–Trinajstić information content (AvgIpc) is 2.64. The largest absolute Gasteiger partial charge is 0.508 e. The van der Waals surface area contributed by atoms with Gasteiger partial charge in [0, 0.05) is 18.8 Å². The minimum Gasteiger partial charge on any atom is -0.508 e. The molecule has 0 radical (unpaired) electrons. The molecule has 1 unspecified atom stereocenters. The molecule has 1 atom stereocenters. The summed E-state index contributed by atoms with van der Waals surface area (Å²) in [5.74, 6) is 0.214. The van der Waals surface area contributed by atoms with Gasteiger partial charge in [0.2, 0.25) is 0 Å². The van der Waals surface area contributed by atoms with E-state index in [9.17, 15) is 5.11 Å². The van der Waals surface area contributed by atoms with E-state index in [2.05, 4.69) is 5.10 Å². The standard InChI is InChI=1S/C11H13N3O/c1-14-9(6-7-13-14)11(12)8-4-2-3-5-10(8)15/h2-7,11,15H,12H2,1H3. The number of aromatic hydroxyl groups is 1. The molecule has 0 aliphatic rings. The second-order valence-electron chi connectivity index (χ2n) is 3.42. The van der Waals surface area contributed by atoms with E-state index in [-0.39, 0.29) is 11.8 Å². The van der Waals surface area contributed by atoms with E-state index in [4.69, 9.17) is 5.73 Å². The van der Waals surface area contributed by atoms with Gasteiger partial charge in [-0.1, -0.05) is 18.2 Å². The first kappa shape index (κ1) is 9.73. The first-order valence-electron chi connectivity index (χ1n) is 4.71. The van der Waals surface area contributed by atoms with Gasteiger partial charge in [0.15, 0.2) is 0 Å². The Morgan fingerprint density at radius 2 is 2.07 bits per heavy atom. The molecule has 2 rings (SSSR count). The van der Waals surface area contributed by atoms with Crippen molar-refractivity contribution in [2.24, 2.45) is 12.8 Å². The third-order valence-corrected chi connectivity index (χ3v) is 2.45. The molecule has 1 aromatic heterocycles. The molecule has 1 heterocycles. The molecule has 4 heteroatoms. The van der Waals surface area contributed by atoms with Crippen molar-refractivity contribution in [2.45, 2.75) is 6.04 Å². The molecule has 0 saturated carbocycles. The Hall–Kier alpha value is -1.81. The van der Waals surface area contributed by atoms with Gasteiger partial charge in [0.25, 0.3) is 0 Å². The minimum absolute atomic E-state index is 0.214. The van der Waals surface area contributed by atoms with Crippen molar-refractivity contribution in [3.8, 4) is 5.75 Å². The number of benzene rings is 1. The maximum Gasteiger partial charge on any atom is 0.120 e. The fourth-order valence-corrected chi connectivity index (χ4v) is 1.60. The molecule has 15 heavy (non-hydrogen) atoms. The quantitative estimate of drug-likeness (QED) is 0.770. The van der Waals surface area contributed by atoms with Crippen LogP contribution in [0.4, 0.5) is 0 Å². The molecule has 0 aliphatic heterocycles. The van der Waals surface area contributed by atoms with Crippen LogP contribution in [-0.4, -0.2) is 14.9 Å². The van der Waals surface area contributed by atoms with E-state index >= 15 is 0 Å². The van der Waals surface area contributed by atoms with Gasteiger partial charge >= 0.3 is 0 Å². The lowest BCUT2D eigenvalue weighted by Crippen LogP contribution is -2.15. The Kier molecular flexibility index (Phi) is 2.43. The molecule has 0 saturated heterocycles. The first-order chi connectivity index (χ1) is 7.20. The third-order valence-electron chi connectivity index (χ3n) is 2.45. The lowest BCUT2D eigenvalue weighted by molar-refractivity contribution is 0.463. The van der Waals surface area contributed by atoms with Gasteiger partial charge in [0.1, 0.15) is 5.75 Å². The van der Waals surface area contributed by atoms with Crippen LogP contribution in [0, 0.1) is 0 Å². The highest BCUT2D eigenvalue weighted by Crippen LogP contribution is 2.26. The van der Waals surface area contributed by atoms with Gasteiger partial charge in [-0.05, 0) is 12.1 Å². The van der Waals surface area contributed by atoms with Crippen LogP contribution in [0.25, 0.3) is 0 Å². The fourth-order valence-electron chi connectivity index (χ4n) is 1.60. The predicted molar refractivity (Wildman–Crippen MR) is 57.3 cm³/mol.